The Labute approximate surface area is 108 Å². The summed E-state index contributed by atoms with van der Waals surface area (Å²) >= 11 is 0. The zero-order valence-electron chi connectivity index (χ0n) is 11.0. The summed E-state index contributed by atoms with van der Waals surface area (Å²) < 4.78 is 0. The van der Waals surface area contributed by atoms with Crippen molar-refractivity contribution in [3.8, 4) is 0 Å². The topological polar surface area (TPSA) is 53.4 Å². The number of piperidine rings is 1. The van der Waals surface area contributed by atoms with Gasteiger partial charge in [-0.15, -0.1) is 0 Å². The monoisotopic (exact) mass is 248 g/mol. The number of hydrogen-bond acceptors (Lipinski definition) is 3. The van der Waals surface area contributed by atoms with E-state index in [-0.39, 0.29) is 12.1 Å². The molecule has 0 bridgehead atoms. The maximum atomic E-state index is 11.3. The van der Waals surface area contributed by atoms with Crippen LogP contribution in [-0.4, -0.2) is 33.5 Å². The summed E-state index contributed by atoms with van der Waals surface area (Å²) in [7, 11) is 0. The number of aliphatic carboxylic acids is 1. The number of rotatable bonds is 3. The first-order valence-corrected chi connectivity index (χ1v) is 6.51. The van der Waals surface area contributed by atoms with E-state index >= 15 is 0 Å². The van der Waals surface area contributed by atoms with Crippen LogP contribution in [0.15, 0.2) is 18.3 Å². The Kier molecular flexibility index (Phi) is 3.97. The number of carboxylic acids is 1. The Hall–Kier alpha value is -1.42. The van der Waals surface area contributed by atoms with Crippen molar-refractivity contribution in [3.63, 3.8) is 0 Å². The molecule has 2 rings (SSSR count). The summed E-state index contributed by atoms with van der Waals surface area (Å²) in [5.74, 6) is -0.713. The highest BCUT2D eigenvalue weighted by Gasteiger charge is 2.32. The fourth-order valence-electron chi connectivity index (χ4n) is 2.77. The molecule has 2 heterocycles. The lowest BCUT2D eigenvalue weighted by Crippen LogP contribution is -2.46. The van der Waals surface area contributed by atoms with Gasteiger partial charge >= 0.3 is 5.97 Å². The van der Waals surface area contributed by atoms with Gasteiger partial charge in [-0.3, -0.25) is 14.7 Å². The number of aromatic nitrogens is 1. The first-order chi connectivity index (χ1) is 8.61. The van der Waals surface area contributed by atoms with E-state index < -0.39 is 5.97 Å². The molecule has 98 valence electrons. The molecular weight excluding hydrogens is 228 g/mol. The largest absolute Gasteiger partial charge is 0.480 e. The molecule has 1 aliphatic rings. The highest BCUT2D eigenvalue weighted by Crippen LogP contribution is 2.28. The van der Waals surface area contributed by atoms with Crippen molar-refractivity contribution in [2.45, 2.75) is 45.2 Å². The molecule has 2 unspecified atom stereocenters. The molecule has 4 nitrogen and oxygen atoms in total. The Bertz CT molecular complexity index is 434. The minimum atomic E-state index is -0.713. The van der Waals surface area contributed by atoms with Crippen molar-refractivity contribution < 1.29 is 9.90 Å². The molecule has 4 heteroatoms. The Morgan fingerprint density at radius 2 is 2.33 bits per heavy atom. The van der Waals surface area contributed by atoms with Crippen LogP contribution in [0.4, 0.5) is 0 Å². The third kappa shape index (κ3) is 2.53. The molecular formula is C14H20N2O2. The van der Waals surface area contributed by atoms with E-state index in [4.69, 9.17) is 0 Å². The molecule has 0 amide bonds. The minimum absolute atomic E-state index is 0.0626. The zero-order chi connectivity index (χ0) is 13.1. The van der Waals surface area contributed by atoms with Crippen molar-refractivity contribution in [1.82, 2.24) is 9.88 Å². The van der Waals surface area contributed by atoms with Gasteiger partial charge in [0.2, 0.25) is 0 Å². The van der Waals surface area contributed by atoms with Crippen LogP contribution in [0.25, 0.3) is 0 Å². The van der Waals surface area contributed by atoms with Crippen LogP contribution in [0.2, 0.25) is 0 Å². The van der Waals surface area contributed by atoms with Crippen LogP contribution in [0.3, 0.4) is 0 Å². The van der Waals surface area contributed by atoms with Crippen LogP contribution >= 0.6 is 0 Å². The lowest BCUT2D eigenvalue weighted by Gasteiger charge is -2.37. The van der Waals surface area contributed by atoms with Gasteiger partial charge in [-0.2, -0.15) is 0 Å². The number of carbonyl (C=O) groups is 1. The Morgan fingerprint density at radius 3 is 3.00 bits per heavy atom. The van der Waals surface area contributed by atoms with Gasteiger partial charge in [-0.05, 0) is 44.9 Å². The minimum Gasteiger partial charge on any atom is -0.480 e. The van der Waals surface area contributed by atoms with Crippen LogP contribution in [0.5, 0.6) is 0 Å². The maximum Gasteiger partial charge on any atom is 0.320 e. The highest BCUT2D eigenvalue weighted by atomic mass is 16.4. The van der Waals surface area contributed by atoms with Gasteiger partial charge in [-0.25, -0.2) is 0 Å². The van der Waals surface area contributed by atoms with E-state index in [9.17, 15) is 9.90 Å². The number of carboxylic acid groups (broad SMARTS) is 1. The summed E-state index contributed by atoms with van der Waals surface area (Å²) in [6.07, 6.45) is 4.59. The first-order valence-electron chi connectivity index (χ1n) is 6.51. The second-order valence-electron chi connectivity index (χ2n) is 4.97. The summed E-state index contributed by atoms with van der Waals surface area (Å²) in [5.41, 5.74) is 2.12. The smallest absolute Gasteiger partial charge is 0.320 e. The zero-order valence-corrected chi connectivity index (χ0v) is 11.0. The van der Waals surface area contributed by atoms with Gasteiger partial charge in [0.1, 0.15) is 6.04 Å². The molecule has 18 heavy (non-hydrogen) atoms. The van der Waals surface area contributed by atoms with E-state index in [2.05, 4.69) is 16.8 Å². The second-order valence-corrected chi connectivity index (χ2v) is 4.97. The van der Waals surface area contributed by atoms with Crippen LogP contribution < -0.4 is 0 Å². The molecule has 0 spiro atoms. The average Bonchev–Trinajstić information content (AvgIpc) is 2.38. The number of aryl methyl sites for hydroxylation is 1. The van der Waals surface area contributed by atoms with Gasteiger partial charge in [0.15, 0.2) is 0 Å². The van der Waals surface area contributed by atoms with E-state index in [1.54, 1.807) is 6.20 Å². The first kappa shape index (κ1) is 13.0. The predicted octanol–water partition coefficient (Wildman–Crippen LogP) is 2.39. The number of pyridine rings is 1. The lowest BCUT2D eigenvalue weighted by atomic mass is 9.98. The molecule has 0 aromatic carbocycles. The molecule has 1 aromatic rings. The number of nitrogens with zero attached hydrogens (tertiary/aromatic N) is 2. The van der Waals surface area contributed by atoms with Gasteiger partial charge in [0.05, 0.1) is 11.7 Å². The molecule has 1 N–H and O–H groups in total. The molecule has 2 atom stereocenters. The quantitative estimate of drug-likeness (QED) is 0.892. The van der Waals surface area contributed by atoms with Gasteiger partial charge in [-0.1, -0.05) is 12.5 Å². The van der Waals surface area contributed by atoms with Crippen molar-refractivity contribution in [2.75, 3.05) is 6.54 Å². The molecule has 0 saturated carbocycles. The molecule has 0 aliphatic carbocycles. The van der Waals surface area contributed by atoms with Crippen molar-refractivity contribution in [3.05, 3.63) is 29.6 Å². The molecule has 0 radical (unpaired) electrons. The highest BCUT2D eigenvalue weighted by molar-refractivity contribution is 5.73. The summed E-state index contributed by atoms with van der Waals surface area (Å²) in [6, 6.07) is 3.64. The fraction of sp³-hybridized carbons (Fsp3) is 0.571. The fourth-order valence-corrected chi connectivity index (χ4v) is 2.77. The van der Waals surface area contributed by atoms with Crippen molar-refractivity contribution >= 4 is 5.97 Å². The van der Waals surface area contributed by atoms with Gasteiger partial charge < -0.3 is 5.11 Å². The SMILES string of the molecule is Cc1cccnc1C(C)N1CCCCC1C(=O)O. The van der Waals surface area contributed by atoms with Crippen LogP contribution in [-0.2, 0) is 4.79 Å². The Balaban J connectivity index is 2.23. The molecule has 1 aromatic heterocycles. The third-order valence-electron chi connectivity index (χ3n) is 3.77. The summed E-state index contributed by atoms with van der Waals surface area (Å²) in [5, 5.41) is 9.31. The summed E-state index contributed by atoms with van der Waals surface area (Å²) in [6.45, 7) is 4.92. The molecule has 1 fully saturated rings. The summed E-state index contributed by atoms with van der Waals surface area (Å²) in [4.78, 5) is 17.8. The van der Waals surface area contributed by atoms with E-state index in [0.29, 0.717) is 0 Å². The van der Waals surface area contributed by atoms with Crippen LogP contribution in [0, 0.1) is 6.92 Å². The lowest BCUT2D eigenvalue weighted by molar-refractivity contribution is -0.145. The van der Waals surface area contributed by atoms with Gasteiger partial charge in [0, 0.05) is 6.20 Å². The third-order valence-corrected chi connectivity index (χ3v) is 3.77. The van der Waals surface area contributed by atoms with Crippen LogP contribution in [0.1, 0.15) is 43.5 Å². The average molecular weight is 248 g/mol. The van der Waals surface area contributed by atoms with E-state index in [0.717, 1.165) is 37.1 Å². The van der Waals surface area contributed by atoms with E-state index in [1.165, 1.54) is 0 Å². The maximum absolute atomic E-state index is 11.3. The van der Waals surface area contributed by atoms with Gasteiger partial charge in [0.25, 0.3) is 0 Å². The normalized spacial score (nSPS) is 22.7. The standard InChI is InChI=1S/C14H20N2O2/c1-10-6-5-8-15-13(10)11(2)16-9-4-3-7-12(16)14(17)18/h5-6,8,11-12H,3-4,7,9H2,1-2H3,(H,17,18). The van der Waals surface area contributed by atoms with E-state index in [1.807, 2.05) is 19.1 Å². The molecule has 1 aliphatic heterocycles. The molecule has 1 saturated heterocycles. The second kappa shape index (κ2) is 5.48. The number of likely N-dealkylation sites (tertiary alicyclic amines) is 1. The predicted molar refractivity (Wildman–Crippen MR) is 69.4 cm³/mol. The van der Waals surface area contributed by atoms with Crippen molar-refractivity contribution in [2.24, 2.45) is 0 Å². The van der Waals surface area contributed by atoms with Crippen molar-refractivity contribution in [1.29, 1.82) is 0 Å². The Morgan fingerprint density at radius 1 is 1.56 bits per heavy atom. The number of hydrogen-bond donors (Lipinski definition) is 1.